The summed E-state index contributed by atoms with van der Waals surface area (Å²) in [5.74, 6) is 0.0586. The topological polar surface area (TPSA) is 58.4 Å². The lowest BCUT2D eigenvalue weighted by Gasteiger charge is -2.28. The van der Waals surface area contributed by atoms with Gasteiger partial charge in [-0.05, 0) is 38.5 Å². The predicted molar refractivity (Wildman–Crippen MR) is 112 cm³/mol. The van der Waals surface area contributed by atoms with E-state index in [2.05, 4.69) is 21.8 Å². The summed E-state index contributed by atoms with van der Waals surface area (Å²) >= 11 is 0. The molecule has 154 valence electrons. The molecule has 0 N–H and O–H groups in total. The van der Waals surface area contributed by atoms with Crippen molar-refractivity contribution >= 4 is 9.84 Å². The molecule has 6 nitrogen and oxygen atoms in total. The van der Waals surface area contributed by atoms with Crippen molar-refractivity contribution in [1.82, 2.24) is 19.4 Å². The molecule has 1 aromatic carbocycles. The normalized spacial score (nSPS) is 16.0. The van der Waals surface area contributed by atoms with Crippen molar-refractivity contribution in [3.05, 3.63) is 47.8 Å². The molecular formula is C21H32N4O2S. The third-order valence-electron chi connectivity index (χ3n) is 5.42. The Kier molecular flexibility index (Phi) is 7.26. The van der Waals surface area contributed by atoms with E-state index in [1.54, 1.807) is 13.1 Å². The van der Waals surface area contributed by atoms with Crippen molar-refractivity contribution in [3.63, 3.8) is 0 Å². The molecule has 28 heavy (non-hydrogen) atoms. The molecule has 2 heterocycles. The van der Waals surface area contributed by atoms with Crippen molar-refractivity contribution in [2.45, 2.75) is 44.4 Å². The van der Waals surface area contributed by atoms with Crippen LogP contribution in [0, 0.1) is 0 Å². The number of likely N-dealkylation sites (N-methyl/N-ethyl adjacent to an activating group) is 1. The molecule has 1 aliphatic rings. The molecular weight excluding hydrogens is 372 g/mol. The first-order chi connectivity index (χ1) is 13.5. The van der Waals surface area contributed by atoms with Crippen molar-refractivity contribution < 1.29 is 8.42 Å². The molecule has 0 saturated carbocycles. The van der Waals surface area contributed by atoms with Crippen LogP contribution in [0.1, 0.15) is 37.4 Å². The summed E-state index contributed by atoms with van der Waals surface area (Å²) in [5, 5.41) is 0.179. The minimum Gasteiger partial charge on any atom is -0.313 e. The number of sulfone groups is 1. The van der Waals surface area contributed by atoms with Gasteiger partial charge in [-0.15, -0.1) is 0 Å². The van der Waals surface area contributed by atoms with Crippen LogP contribution in [-0.2, 0) is 22.9 Å². The lowest BCUT2D eigenvalue weighted by molar-refractivity contribution is 0.192. The lowest BCUT2D eigenvalue weighted by Crippen LogP contribution is -2.36. The first-order valence-electron chi connectivity index (χ1n) is 10.2. The zero-order valence-electron chi connectivity index (χ0n) is 17.0. The minimum atomic E-state index is -3.37. The summed E-state index contributed by atoms with van der Waals surface area (Å²) in [4.78, 5) is 9.08. The van der Waals surface area contributed by atoms with Crippen LogP contribution in [0.3, 0.4) is 0 Å². The maximum Gasteiger partial charge on any atom is 0.228 e. The molecule has 0 atom stereocenters. The highest BCUT2D eigenvalue weighted by atomic mass is 32.2. The molecule has 0 radical (unpaired) electrons. The van der Waals surface area contributed by atoms with Crippen LogP contribution in [-0.4, -0.2) is 66.7 Å². The Hall–Kier alpha value is -1.70. The SMILES string of the molecule is CCS(=O)(=O)c1ncc(CN(C)CCN2CCCCC2)n1Cc1ccccc1. The highest BCUT2D eigenvalue weighted by Crippen LogP contribution is 2.17. The van der Waals surface area contributed by atoms with Gasteiger partial charge < -0.3 is 9.47 Å². The number of aromatic nitrogens is 2. The number of hydrogen-bond donors (Lipinski definition) is 0. The minimum absolute atomic E-state index is 0.0586. The van der Waals surface area contributed by atoms with E-state index in [0.717, 1.165) is 24.3 Å². The quantitative estimate of drug-likeness (QED) is 0.643. The Balaban J connectivity index is 1.74. The van der Waals surface area contributed by atoms with Crippen molar-refractivity contribution in [1.29, 1.82) is 0 Å². The van der Waals surface area contributed by atoms with Gasteiger partial charge in [-0.25, -0.2) is 13.4 Å². The molecule has 1 aliphatic heterocycles. The van der Waals surface area contributed by atoms with Gasteiger partial charge in [-0.3, -0.25) is 4.90 Å². The van der Waals surface area contributed by atoms with Crippen molar-refractivity contribution in [2.24, 2.45) is 0 Å². The third kappa shape index (κ3) is 5.43. The second-order valence-corrected chi connectivity index (χ2v) is 9.82. The van der Waals surface area contributed by atoms with E-state index in [1.165, 1.54) is 32.4 Å². The second kappa shape index (κ2) is 9.67. The van der Waals surface area contributed by atoms with Crippen LogP contribution in [0.15, 0.2) is 41.7 Å². The highest BCUT2D eigenvalue weighted by Gasteiger charge is 2.22. The smallest absolute Gasteiger partial charge is 0.228 e. The average molecular weight is 405 g/mol. The van der Waals surface area contributed by atoms with E-state index in [1.807, 2.05) is 34.9 Å². The Morgan fingerprint density at radius 3 is 2.50 bits per heavy atom. The molecule has 0 aliphatic carbocycles. The van der Waals surface area contributed by atoms with Crippen LogP contribution in [0.5, 0.6) is 0 Å². The molecule has 2 aromatic rings. The number of imidazole rings is 1. The molecule has 0 unspecified atom stereocenters. The van der Waals surface area contributed by atoms with Crippen molar-refractivity contribution in [3.8, 4) is 0 Å². The highest BCUT2D eigenvalue weighted by molar-refractivity contribution is 7.91. The van der Waals surface area contributed by atoms with E-state index in [4.69, 9.17) is 0 Å². The number of piperidine rings is 1. The fourth-order valence-corrected chi connectivity index (χ4v) is 4.67. The van der Waals surface area contributed by atoms with Gasteiger partial charge in [0, 0.05) is 19.6 Å². The molecule has 0 spiro atoms. The van der Waals surface area contributed by atoms with Gasteiger partial charge in [-0.2, -0.15) is 0 Å². The summed E-state index contributed by atoms with van der Waals surface area (Å²) in [5.41, 5.74) is 2.02. The number of nitrogens with zero attached hydrogens (tertiary/aromatic N) is 4. The summed E-state index contributed by atoms with van der Waals surface area (Å²) in [6.07, 6.45) is 5.67. The molecule has 0 amide bonds. The fraction of sp³-hybridized carbons (Fsp3) is 0.571. The van der Waals surface area contributed by atoms with Crippen LogP contribution in [0.25, 0.3) is 0 Å². The fourth-order valence-electron chi connectivity index (χ4n) is 3.68. The molecule has 7 heteroatoms. The molecule has 0 bridgehead atoms. The number of likely N-dealkylation sites (tertiary alicyclic amines) is 1. The standard InChI is InChI=1S/C21H32N4O2S/c1-3-28(26,27)21-22-16-20(25(21)17-19-10-6-4-7-11-19)18-23(2)14-15-24-12-8-5-9-13-24/h4,6-7,10-11,16H,3,5,8-9,12-15,17-18H2,1-2H3. The van der Waals surface area contributed by atoms with Gasteiger partial charge in [-0.1, -0.05) is 43.7 Å². The van der Waals surface area contributed by atoms with Crippen molar-refractivity contribution in [2.75, 3.05) is 39.0 Å². The maximum absolute atomic E-state index is 12.5. The monoisotopic (exact) mass is 404 g/mol. The molecule has 3 rings (SSSR count). The van der Waals surface area contributed by atoms with Gasteiger partial charge in [0.1, 0.15) is 0 Å². The summed E-state index contributed by atoms with van der Waals surface area (Å²) in [7, 11) is -1.27. The van der Waals surface area contributed by atoms with E-state index in [9.17, 15) is 8.42 Å². The third-order valence-corrected chi connectivity index (χ3v) is 7.06. The lowest BCUT2D eigenvalue weighted by atomic mass is 10.1. The molecule has 1 aromatic heterocycles. The van der Waals surface area contributed by atoms with E-state index < -0.39 is 9.84 Å². The summed E-state index contributed by atoms with van der Waals surface area (Å²) < 4.78 is 26.9. The van der Waals surface area contributed by atoms with Gasteiger partial charge in [0.25, 0.3) is 0 Å². The van der Waals surface area contributed by atoms with Gasteiger partial charge in [0.05, 0.1) is 24.2 Å². The first kappa shape index (κ1) is 21.0. The Bertz CT molecular complexity index is 843. The maximum atomic E-state index is 12.5. The number of rotatable bonds is 9. The van der Waals surface area contributed by atoms with Crippen LogP contribution < -0.4 is 0 Å². The Morgan fingerprint density at radius 2 is 1.82 bits per heavy atom. The molecule has 1 saturated heterocycles. The van der Waals surface area contributed by atoms with E-state index >= 15 is 0 Å². The number of benzene rings is 1. The Morgan fingerprint density at radius 1 is 1.11 bits per heavy atom. The van der Waals surface area contributed by atoms with Crippen LogP contribution >= 0.6 is 0 Å². The molecule has 1 fully saturated rings. The first-order valence-corrected chi connectivity index (χ1v) is 11.9. The second-order valence-electron chi connectivity index (χ2n) is 7.65. The van der Waals surface area contributed by atoms with Gasteiger partial charge in [0.15, 0.2) is 0 Å². The number of hydrogen-bond acceptors (Lipinski definition) is 5. The van der Waals surface area contributed by atoms with E-state index in [-0.39, 0.29) is 10.9 Å². The zero-order chi connectivity index (χ0) is 20.0. The Labute approximate surface area is 169 Å². The van der Waals surface area contributed by atoms with Crippen LogP contribution in [0.2, 0.25) is 0 Å². The van der Waals surface area contributed by atoms with Gasteiger partial charge >= 0.3 is 0 Å². The summed E-state index contributed by atoms with van der Waals surface area (Å²) in [6, 6.07) is 9.96. The van der Waals surface area contributed by atoms with Gasteiger partial charge in [0.2, 0.25) is 15.0 Å². The van der Waals surface area contributed by atoms with E-state index in [0.29, 0.717) is 13.1 Å². The van der Waals surface area contributed by atoms with Crippen LogP contribution in [0.4, 0.5) is 0 Å². The zero-order valence-corrected chi connectivity index (χ0v) is 17.9. The predicted octanol–water partition coefficient (Wildman–Crippen LogP) is 2.64. The largest absolute Gasteiger partial charge is 0.313 e. The summed E-state index contributed by atoms with van der Waals surface area (Å²) in [6.45, 7) is 7.28. The average Bonchev–Trinajstić information content (AvgIpc) is 3.11.